The van der Waals surface area contributed by atoms with Crippen molar-refractivity contribution in [1.29, 1.82) is 0 Å². The molecule has 1 aliphatic heterocycles. The van der Waals surface area contributed by atoms with E-state index < -0.39 is 10.0 Å². The summed E-state index contributed by atoms with van der Waals surface area (Å²) >= 11 is 12.1. The number of sulfonamides is 1. The molecule has 27 heavy (non-hydrogen) atoms. The van der Waals surface area contributed by atoms with Gasteiger partial charge in [-0.15, -0.1) is 0 Å². The number of Topliss-reactive ketones (excluding diaryl/α,β-unsaturated/α-hetero) is 1. The molecule has 0 bridgehead atoms. The number of nitrogens with zero attached hydrogens (tertiary/aromatic N) is 1. The molecule has 0 amide bonds. The highest BCUT2D eigenvalue weighted by atomic mass is 35.5. The largest absolute Gasteiger partial charge is 0.497 e. The van der Waals surface area contributed by atoms with Gasteiger partial charge in [-0.25, -0.2) is 8.42 Å². The van der Waals surface area contributed by atoms with Crippen molar-refractivity contribution in [2.75, 3.05) is 20.2 Å². The first-order valence-corrected chi connectivity index (χ1v) is 10.7. The lowest BCUT2D eigenvalue weighted by Gasteiger charge is -2.31. The maximum absolute atomic E-state index is 12.9. The maximum Gasteiger partial charge on any atom is 0.246 e. The number of carbonyl (C=O) groups excluding carboxylic acids is 1. The zero-order valence-electron chi connectivity index (χ0n) is 14.7. The summed E-state index contributed by atoms with van der Waals surface area (Å²) in [5.41, 5.74) is 0.603. The predicted molar refractivity (Wildman–Crippen MR) is 105 cm³/mol. The van der Waals surface area contributed by atoms with Gasteiger partial charge in [0.1, 0.15) is 10.6 Å². The van der Waals surface area contributed by atoms with Crippen LogP contribution in [0.3, 0.4) is 0 Å². The summed E-state index contributed by atoms with van der Waals surface area (Å²) in [7, 11) is -2.24. The van der Waals surface area contributed by atoms with Crippen LogP contribution in [0.25, 0.3) is 0 Å². The van der Waals surface area contributed by atoms with Gasteiger partial charge in [0.25, 0.3) is 0 Å². The van der Waals surface area contributed by atoms with Crippen LogP contribution in [-0.4, -0.2) is 38.7 Å². The Balaban J connectivity index is 1.72. The van der Waals surface area contributed by atoms with Gasteiger partial charge in [0.05, 0.1) is 17.2 Å². The molecule has 144 valence electrons. The first-order chi connectivity index (χ1) is 12.8. The van der Waals surface area contributed by atoms with E-state index in [1.807, 2.05) is 0 Å². The van der Waals surface area contributed by atoms with Crippen molar-refractivity contribution in [2.45, 2.75) is 17.7 Å². The summed E-state index contributed by atoms with van der Waals surface area (Å²) < 4.78 is 32.3. The average Bonchev–Trinajstić information content (AvgIpc) is 2.67. The van der Waals surface area contributed by atoms with Crippen molar-refractivity contribution < 1.29 is 17.9 Å². The molecule has 0 saturated carbocycles. The van der Waals surface area contributed by atoms with Gasteiger partial charge in [-0.05, 0) is 49.2 Å². The third kappa shape index (κ3) is 4.14. The lowest BCUT2D eigenvalue weighted by Crippen LogP contribution is -2.40. The number of ketones is 1. The number of hydrogen-bond acceptors (Lipinski definition) is 4. The minimum Gasteiger partial charge on any atom is -0.497 e. The van der Waals surface area contributed by atoms with Crippen molar-refractivity contribution in [2.24, 2.45) is 5.92 Å². The minimum atomic E-state index is -3.80. The Morgan fingerprint density at radius 3 is 2.11 bits per heavy atom. The minimum absolute atomic E-state index is 0.0190. The van der Waals surface area contributed by atoms with E-state index in [0.29, 0.717) is 24.2 Å². The summed E-state index contributed by atoms with van der Waals surface area (Å²) in [6, 6.07) is 11.5. The topological polar surface area (TPSA) is 63.7 Å². The highest BCUT2D eigenvalue weighted by Crippen LogP contribution is 2.34. The van der Waals surface area contributed by atoms with Crippen LogP contribution in [0.5, 0.6) is 5.75 Å². The molecule has 1 fully saturated rings. The van der Waals surface area contributed by atoms with Crippen molar-refractivity contribution in [3.8, 4) is 5.75 Å². The molecule has 1 saturated heterocycles. The Morgan fingerprint density at radius 1 is 1.04 bits per heavy atom. The Bertz CT molecular complexity index is 916. The lowest BCUT2D eigenvalue weighted by molar-refractivity contribution is 0.0875. The summed E-state index contributed by atoms with van der Waals surface area (Å²) in [5, 5.41) is 0.192. The van der Waals surface area contributed by atoms with Crippen molar-refractivity contribution in [3.05, 3.63) is 58.1 Å². The Morgan fingerprint density at radius 2 is 1.59 bits per heavy atom. The SMILES string of the molecule is COc1ccc(C(=O)C2CCN(S(=O)(=O)c3c(Cl)cccc3Cl)CC2)cc1. The number of piperidine rings is 1. The first-order valence-electron chi connectivity index (χ1n) is 8.47. The van der Waals surface area contributed by atoms with Gasteiger partial charge < -0.3 is 4.74 Å². The third-order valence-electron chi connectivity index (χ3n) is 4.72. The molecule has 0 aliphatic carbocycles. The Kier molecular flexibility index (Phi) is 6.11. The van der Waals surface area contributed by atoms with Crippen LogP contribution in [0.2, 0.25) is 10.0 Å². The van der Waals surface area contributed by atoms with Gasteiger partial charge in [-0.2, -0.15) is 4.31 Å². The van der Waals surface area contributed by atoms with Gasteiger partial charge in [0.2, 0.25) is 10.0 Å². The van der Waals surface area contributed by atoms with Crippen LogP contribution in [0.1, 0.15) is 23.2 Å². The number of rotatable bonds is 5. The van der Waals surface area contributed by atoms with Gasteiger partial charge in [-0.3, -0.25) is 4.79 Å². The van der Waals surface area contributed by atoms with Gasteiger partial charge >= 0.3 is 0 Å². The number of methoxy groups -OCH3 is 1. The number of ether oxygens (including phenoxy) is 1. The average molecular weight is 428 g/mol. The van der Waals surface area contributed by atoms with Crippen molar-refractivity contribution >= 4 is 39.0 Å². The lowest BCUT2D eigenvalue weighted by atomic mass is 9.89. The molecule has 0 unspecified atom stereocenters. The Hall–Kier alpha value is -1.60. The maximum atomic E-state index is 12.9. The summed E-state index contributed by atoms with van der Waals surface area (Å²) in [6.07, 6.45) is 0.901. The molecule has 3 rings (SSSR count). The molecule has 8 heteroatoms. The quantitative estimate of drug-likeness (QED) is 0.667. The summed E-state index contributed by atoms with van der Waals surface area (Å²) in [5.74, 6) is 0.487. The Labute approximate surface area is 168 Å². The van der Waals surface area contributed by atoms with Crippen LogP contribution in [0.15, 0.2) is 47.4 Å². The fourth-order valence-corrected chi connectivity index (χ4v) is 5.77. The molecule has 0 spiro atoms. The number of halogens is 2. The fourth-order valence-electron chi connectivity index (χ4n) is 3.21. The van der Waals surface area contributed by atoms with E-state index in [-0.39, 0.29) is 39.7 Å². The van der Waals surface area contributed by atoms with Crippen molar-refractivity contribution in [1.82, 2.24) is 4.31 Å². The molecule has 0 N–H and O–H groups in total. The smallest absolute Gasteiger partial charge is 0.246 e. The van der Waals surface area contributed by atoms with E-state index in [0.717, 1.165) is 0 Å². The van der Waals surface area contributed by atoms with Gasteiger partial charge in [0.15, 0.2) is 5.78 Å². The van der Waals surface area contributed by atoms with Crippen LogP contribution in [-0.2, 0) is 10.0 Å². The second-order valence-electron chi connectivity index (χ2n) is 6.32. The fraction of sp³-hybridized carbons (Fsp3) is 0.316. The molecule has 5 nitrogen and oxygen atoms in total. The van der Waals surface area contributed by atoms with E-state index in [1.165, 1.54) is 16.4 Å². The zero-order chi connectivity index (χ0) is 19.6. The van der Waals surface area contributed by atoms with Gasteiger partial charge in [0, 0.05) is 24.6 Å². The molecule has 1 heterocycles. The molecule has 0 atom stereocenters. The molecule has 0 aromatic heterocycles. The molecule has 2 aromatic rings. The number of hydrogen-bond donors (Lipinski definition) is 0. The molecular weight excluding hydrogens is 409 g/mol. The number of benzene rings is 2. The highest BCUT2D eigenvalue weighted by Gasteiger charge is 2.34. The number of carbonyl (C=O) groups is 1. The van der Waals surface area contributed by atoms with E-state index in [2.05, 4.69) is 0 Å². The second kappa shape index (κ2) is 8.19. The zero-order valence-corrected chi connectivity index (χ0v) is 17.0. The van der Waals surface area contributed by atoms with E-state index in [4.69, 9.17) is 27.9 Å². The van der Waals surface area contributed by atoms with Crippen LogP contribution < -0.4 is 4.74 Å². The molecule has 0 radical (unpaired) electrons. The van der Waals surface area contributed by atoms with E-state index in [9.17, 15) is 13.2 Å². The first kappa shape index (κ1) is 20.1. The summed E-state index contributed by atoms with van der Waals surface area (Å²) in [6.45, 7) is 0.493. The summed E-state index contributed by atoms with van der Waals surface area (Å²) in [4.78, 5) is 12.6. The molecule has 2 aromatic carbocycles. The molecule has 1 aliphatic rings. The standard InChI is InChI=1S/C19H19Cl2NO4S/c1-26-15-7-5-13(6-8-15)18(23)14-9-11-22(12-10-14)27(24,25)19-16(20)3-2-4-17(19)21/h2-8,14H,9-12H2,1H3. The predicted octanol–water partition coefficient (Wildman–Crippen LogP) is 4.29. The monoisotopic (exact) mass is 427 g/mol. The van der Waals surface area contributed by atoms with Crippen LogP contribution in [0.4, 0.5) is 0 Å². The third-order valence-corrected chi connectivity index (χ3v) is 7.57. The van der Waals surface area contributed by atoms with Crippen molar-refractivity contribution in [3.63, 3.8) is 0 Å². The second-order valence-corrected chi connectivity index (χ2v) is 9.01. The van der Waals surface area contributed by atoms with E-state index in [1.54, 1.807) is 37.4 Å². The highest BCUT2D eigenvalue weighted by molar-refractivity contribution is 7.89. The van der Waals surface area contributed by atoms with Crippen LogP contribution in [0, 0.1) is 5.92 Å². The normalized spacial score (nSPS) is 16.3. The molecular formula is C19H19Cl2NO4S. The van der Waals surface area contributed by atoms with E-state index >= 15 is 0 Å². The van der Waals surface area contributed by atoms with Gasteiger partial charge in [-0.1, -0.05) is 29.3 Å². The van der Waals surface area contributed by atoms with Crippen LogP contribution >= 0.6 is 23.2 Å².